The van der Waals surface area contributed by atoms with E-state index in [9.17, 15) is 0 Å². The van der Waals surface area contributed by atoms with Crippen LogP contribution in [0.25, 0.3) is 11.3 Å². The lowest BCUT2D eigenvalue weighted by atomic mass is 10.2. The van der Waals surface area contributed by atoms with Crippen LogP contribution in [0.3, 0.4) is 0 Å². The van der Waals surface area contributed by atoms with Gasteiger partial charge in [0.2, 0.25) is 5.28 Å². The van der Waals surface area contributed by atoms with E-state index < -0.39 is 0 Å². The number of halogens is 1. The van der Waals surface area contributed by atoms with E-state index in [-0.39, 0.29) is 5.28 Å². The molecular weight excluding hydrogens is 284 g/mol. The molecule has 1 aromatic carbocycles. The third-order valence-electron chi connectivity index (χ3n) is 2.99. The largest absolute Gasteiger partial charge is 0.366 e. The maximum Gasteiger partial charge on any atom is 0.224 e. The minimum Gasteiger partial charge on any atom is -0.366 e. The first-order valence-corrected chi connectivity index (χ1v) is 6.92. The minimum atomic E-state index is 0.222. The van der Waals surface area contributed by atoms with E-state index in [0.29, 0.717) is 12.4 Å². The predicted octanol–water partition coefficient (Wildman–Crippen LogP) is 3.80. The Balaban J connectivity index is 1.82. The number of pyridine rings is 1. The Kier molecular flexibility index (Phi) is 4.07. The molecule has 4 nitrogen and oxygen atoms in total. The van der Waals surface area contributed by atoms with Crippen molar-refractivity contribution < 1.29 is 0 Å². The maximum atomic E-state index is 6.00. The van der Waals surface area contributed by atoms with Crippen LogP contribution in [0, 0.1) is 0 Å². The van der Waals surface area contributed by atoms with E-state index >= 15 is 0 Å². The first-order chi connectivity index (χ1) is 10.3. The van der Waals surface area contributed by atoms with Crippen LogP contribution in [-0.4, -0.2) is 15.0 Å². The second-order valence-corrected chi connectivity index (χ2v) is 4.82. The van der Waals surface area contributed by atoms with Crippen LogP contribution in [0.15, 0.2) is 60.9 Å². The Labute approximate surface area is 127 Å². The highest BCUT2D eigenvalue weighted by Crippen LogP contribution is 2.21. The average molecular weight is 297 g/mol. The summed E-state index contributed by atoms with van der Waals surface area (Å²) in [7, 11) is 0. The summed E-state index contributed by atoms with van der Waals surface area (Å²) in [5.41, 5.74) is 2.91. The zero-order valence-electron chi connectivity index (χ0n) is 11.2. The van der Waals surface area contributed by atoms with Crippen LogP contribution in [0.5, 0.6) is 0 Å². The number of nitrogens with one attached hydrogen (secondary N) is 1. The van der Waals surface area contributed by atoms with Crippen LogP contribution in [0.4, 0.5) is 5.82 Å². The highest BCUT2D eigenvalue weighted by Gasteiger charge is 2.05. The molecule has 0 unspecified atom stereocenters. The van der Waals surface area contributed by atoms with Crippen LogP contribution in [-0.2, 0) is 6.54 Å². The number of benzene rings is 1. The van der Waals surface area contributed by atoms with Gasteiger partial charge in [-0.15, -0.1) is 0 Å². The molecule has 0 aliphatic carbocycles. The summed E-state index contributed by atoms with van der Waals surface area (Å²) < 4.78 is 0. The van der Waals surface area contributed by atoms with E-state index in [2.05, 4.69) is 32.4 Å². The lowest BCUT2D eigenvalue weighted by Crippen LogP contribution is -2.02. The van der Waals surface area contributed by atoms with Gasteiger partial charge in [0.05, 0.1) is 5.69 Å². The van der Waals surface area contributed by atoms with E-state index in [4.69, 9.17) is 11.6 Å². The van der Waals surface area contributed by atoms with E-state index in [0.717, 1.165) is 11.3 Å². The van der Waals surface area contributed by atoms with Crippen molar-refractivity contribution in [3.63, 3.8) is 0 Å². The van der Waals surface area contributed by atoms with Gasteiger partial charge < -0.3 is 5.32 Å². The quantitative estimate of drug-likeness (QED) is 0.744. The summed E-state index contributed by atoms with van der Waals surface area (Å²) in [6.45, 7) is 0.684. The molecule has 0 bridgehead atoms. The van der Waals surface area contributed by atoms with Gasteiger partial charge in [0.1, 0.15) is 5.82 Å². The molecule has 0 atom stereocenters. The first kappa shape index (κ1) is 13.5. The van der Waals surface area contributed by atoms with Crippen LogP contribution < -0.4 is 5.32 Å². The molecule has 5 heteroatoms. The summed E-state index contributed by atoms with van der Waals surface area (Å²) in [6.07, 6.45) is 3.45. The Hall–Kier alpha value is -2.46. The molecule has 0 aliphatic rings. The van der Waals surface area contributed by atoms with E-state index in [1.165, 1.54) is 5.56 Å². The molecule has 0 saturated carbocycles. The van der Waals surface area contributed by atoms with Gasteiger partial charge in [-0.05, 0) is 29.3 Å². The second-order valence-electron chi connectivity index (χ2n) is 4.48. The smallest absolute Gasteiger partial charge is 0.224 e. The van der Waals surface area contributed by atoms with Crippen molar-refractivity contribution >= 4 is 17.4 Å². The Morgan fingerprint density at radius 1 is 0.952 bits per heavy atom. The Morgan fingerprint density at radius 3 is 2.48 bits per heavy atom. The van der Waals surface area contributed by atoms with Gasteiger partial charge in [-0.25, -0.2) is 9.97 Å². The summed E-state index contributed by atoms with van der Waals surface area (Å²) in [5, 5.41) is 3.48. The van der Waals surface area contributed by atoms with E-state index in [1.54, 1.807) is 12.4 Å². The van der Waals surface area contributed by atoms with Crippen LogP contribution in [0.2, 0.25) is 5.28 Å². The van der Waals surface area contributed by atoms with Gasteiger partial charge >= 0.3 is 0 Å². The zero-order chi connectivity index (χ0) is 14.5. The van der Waals surface area contributed by atoms with Gasteiger partial charge in [-0.1, -0.05) is 30.3 Å². The summed E-state index contributed by atoms with van der Waals surface area (Å²) >= 11 is 6.00. The number of hydrogen-bond acceptors (Lipinski definition) is 4. The minimum absolute atomic E-state index is 0.222. The Bertz CT molecular complexity index is 717. The fraction of sp³-hybridized carbons (Fsp3) is 0.0625. The standard InChI is InChI=1S/C16H13ClN4/c17-16-20-14(13-6-8-18-9-7-13)10-15(21-16)19-11-12-4-2-1-3-5-12/h1-10H,11H2,(H,19,20,21). The number of rotatable bonds is 4. The van der Waals surface area contributed by atoms with Crippen molar-refractivity contribution in [1.29, 1.82) is 0 Å². The molecule has 1 N–H and O–H groups in total. The Morgan fingerprint density at radius 2 is 1.71 bits per heavy atom. The summed E-state index contributed by atoms with van der Waals surface area (Å²) in [6, 6.07) is 15.8. The molecule has 0 aliphatic heterocycles. The number of nitrogens with zero attached hydrogens (tertiary/aromatic N) is 3. The number of hydrogen-bond donors (Lipinski definition) is 1. The van der Waals surface area contributed by atoms with Crippen LogP contribution >= 0.6 is 11.6 Å². The average Bonchev–Trinajstić information content (AvgIpc) is 2.54. The topological polar surface area (TPSA) is 50.7 Å². The normalized spacial score (nSPS) is 10.3. The SMILES string of the molecule is Clc1nc(NCc2ccccc2)cc(-c2ccncc2)n1. The molecule has 21 heavy (non-hydrogen) atoms. The predicted molar refractivity (Wildman–Crippen MR) is 84.0 cm³/mol. The number of aromatic nitrogens is 3. The monoisotopic (exact) mass is 296 g/mol. The lowest BCUT2D eigenvalue weighted by Gasteiger charge is -2.08. The molecule has 0 spiro atoms. The zero-order valence-corrected chi connectivity index (χ0v) is 12.0. The van der Waals surface area contributed by atoms with Gasteiger partial charge in [0, 0.05) is 30.6 Å². The summed E-state index contributed by atoms with van der Waals surface area (Å²) in [5.74, 6) is 0.700. The molecular formula is C16H13ClN4. The van der Waals surface area contributed by atoms with Gasteiger partial charge in [-0.2, -0.15) is 0 Å². The second kappa shape index (κ2) is 6.33. The molecule has 0 saturated heterocycles. The number of anilines is 1. The van der Waals surface area contributed by atoms with Crippen molar-refractivity contribution in [2.24, 2.45) is 0 Å². The van der Waals surface area contributed by atoms with Crippen molar-refractivity contribution in [3.8, 4) is 11.3 Å². The van der Waals surface area contributed by atoms with Crippen LogP contribution in [0.1, 0.15) is 5.56 Å². The van der Waals surface area contributed by atoms with Crippen molar-refractivity contribution in [2.75, 3.05) is 5.32 Å². The molecule has 0 fully saturated rings. The molecule has 2 heterocycles. The molecule has 3 rings (SSSR count). The van der Waals surface area contributed by atoms with Gasteiger partial charge in [0.25, 0.3) is 0 Å². The third kappa shape index (κ3) is 3.55. The molecule has 2 aromatic heterocycles. The van der Waals surface area contributed by atoms with E-state index in [1.807, 2.05) is 36.4 Å². The summed E-state index contributed by atoms with van der Waals surface area (Å²) in [4.78, 5) is 12.4. The molecule has 3 aromatic rings. The molecule has 0 radical (unpaired) electrons. The highest BCUT2D eigenvalue weighted by atomic mass is 35.5. The highest BCUT2D eigenvalue weighted by molar-refractivity contribution is 6.28. The van der Waals surface area contributed by atoms with Crippen molar-refractivity contribution in [1.82, 2.24) is 15.0 Å². The molecule has 0 amide bonds. The van der Waals surface area contributed by atoms with Gasteiger partial charge in [0.15, 0.2) is 0 Å². The lowest BCUT2D eigenvalue weighted by molar-refractivity contribution is 1.08. The fourth-order valence-corrected chi connectivity index (χ4v) is 2.15. The van der Waals surface area contributed by atoms with Crippen molar-refractivity contribution in [3.05, 3.63) is 71.8 Å². The maximum absolute atomic E-state index is 6.00. The first-order valence-electron chi connectivity index (χ1n) is 6.54. The van der Waals surface area contributed by atoms with Gasteiger partial charge in [-0.3, -0.25) is 4.98 Å². The fourth-order valence-electron chi connectivity index (χ4n) is 1.97. The third-order valence-corrected chi connectivity index (χ3v) is 3.16. The molecule has 104 valence electrons. The van der Waals surface area contributed by atoms with Crippen molar-refractivity contribution in [2.45, 2.75) is 6.54 Å².